The Hall–Kier alpha value is -5.82. The SMILES string of the molecule is C/C=C/C(C)C(C)(C(=O)OC)C1C\C=C/C=C/C=C/c2nc(co2)C(=O)OC(C(C)(C(=O)OC)C(O)/C=C/C)C\C=C/C=C/C=C/c2nc(co2)C(=O)O1.CC.CC.CC.CCC.CCC1(C)CC(C)(CC)C1C.CCCC. The van der Waals surface area contributed by atoms with Crippen molar-refractivity contribution in [3.8, 4) is 0 Å². The monoisotopic (exact) mass is 1090 g/mol. The molecule has 0 aromatic carbocycles. The Morgan fingerprint density at radius 1 is 0.667 bits per heavy atom. The molecule has 1 fully saturated rings. The quantitative estimate of drug-likeness (QED) is 0.128. The van der Waals surface area contributed by atoms with Crippen molar-refractivity contribution in [2.75, 3.05) is 14.2 Å². The van der Waals surface area contributed by atoms with Crippen LogP contribution >= 0.6 is 0 Å². The number of rotatable bonds is 11. The van der Waals surface area contributed by atoms with Crippen molar-refractivity contribution in [3.63, 3.8) is 0 Å². The molecule has 0 saturated heterocycles. The first-order valence-corrected chi connectivity index (χ1v) is 28.6. The van der Waals surface area contributed by atoms with Crippen LogP contribution in [0.1, 0.15) is 223 Å². The van der Waals surface area contributed by atoms with Gasteiger partial charge in [-0.3, -0.25) is 9.59 Å². The van der Waals surface area contributed by atoms with E-state index in [-0.39, 0.29) is 41.9 Å². The number of methoxy groups -OCH3 is 2. The van der Waals surface area contributed by atoms with E-state index in [1.54, 1.807) is 80.7 Å². The highest BCUT2D eigenvalue weighted by Crippen LogP contribution is 2.62. The summed E-state index contributed by atoms with van der Waals surface area (Å²) in [6, 6.07) is 0. The van der Waals surface area contributed by atoms with Gasteiger partial charge in [0.25, 0.3) is 0 Å². The second-order valence-electron chi connectivity index (χ2n) is 19.2. The Labute approximate surface area is 472 Å². The predicted octanol–water partition coefficient (Wildman–Crippen LogP) is 17.1. The standard InChI is InChI=1S/C41H48N2O11.C11H22.C4H10.C3H8.3C2H6/c1-8-20-28(3)40(4,38(47)49-6)32-22-16-12-10-14-18-25-35-43-30(27-52-35)37(46)54-33(41(5,39(48)50-7)31(44)21-9-2)23-17-13-11-15-19-24-34-42-29(26-51-34)36(45)53-32;1-6-10(4)8-11(5,7-2)9(10)3;1-3-4-2;1-3-2;3*1-2/h8-21,24-28,31-33,44H,22-23H2,1-7H3;9H,6-8H2,1-5H3;3-4H2,1-2H3;3H2,1-2H3;3*1-2H3/b14-10+,15-11+,16-12-,17-13-,20-8+,21-9+,24-19+,25-18+;;;;;;. The van der Waals surface area contributed by atoms with E-state index in [1.165, 1.54) is 84.2 Å². The van der Waals surface area contributed by atoms with Crippen LogP contribution in [0.15, 0.2) is 106 Å². The second-order valence-corrected chi connectivity index (χ2v) is 19.2. The number of oxazole rings is 2. The molecule has 8 atom stereocenters. The summed E-state index contributed by atoms with van der Waals surface area (Å²) in [7, 11) is 2.47. The molecule has 13 nitrogen and oxygen atoms in total. The minimum atomic E-state index is -1.69. The van der Waals surface area contributed by atoms with Crippen LogP contribution in [0, 0.1) is 33.5 Å². The van der Waals surface area contributed by atoms with Crippen molar-refractivity contribution >= 4 is 36.0 Å². The fraction of sp³-hybridized carbons (Fsp3) is 0.600. The third-order valence-electron chi connectivity index (χ3n) is 14.1. The van der Waals surface area contributed by atoms with Crippen molar-refractivity contribution in [1.29, 1.82) is 0 Å². The van der Waals surface area contributed by atoms with Crippen LogP contribution in [0.3, 0.4) is 0 Å². The number of aliphatic hydroxyl groups is 1. The largest absolute Gasteiger partial charge is 0.468 e. The fourth-order valence-electron chi connectivity index (χ4n) is 8.38. The average molecular weight is 1090 g/mol. The number of ether oxygens (including phenoxy) is 4. The highest BCUT2D eigenvalue weighted by molar-refractivity contribution is 5.88. The van der Waals surface area contributed by atoms with Gasteiger partial charge in [0, 0.05) is 25.0 Å². The normalized spacial score (nSPS) is 24.9. The molecule has 1 N–H and O–H groups in total. The summed E-state index contributed by atoms with van der Waals surface area (Å²) in [4.78, 5) is 61.3. The van der Waals surface area contributed by atoms with Crippen LogP contribution in [-0.4, -0.2) is 71.5 Å². The van der Waals surface area contributed by atoms with E-state index >= 15 is 0 Å². The number of fused-ring (bicyclic) bond motifs is 4. The van der Waals surface area contributed by atoms with Crippen LogP contribution in [0.4, 0.5) is 0 Å². The molecule has 1 saturated carbocycles. The molecule has 13 heteroatoms. The lowest BCUT2D eigenvalue weighted by Gasteiger charge is -2.59. The molecule has 1 aliphatic heterocycles. The average Bonchev–Trinajstić information content (AvgIpc) is 4.15. The first-order valence-electron chi connectivity index (χ1n) is 28.6. The van der Waals surface area contributed by atoms with Crippen molar-refractivity contribution in [3.05, 3.63) is 121 Å². The minimum Gasteiger partial charge on any atom is -0.468 e. The number of hydrogen-bond acceptors (Lipinski definition) is 13. The molecule has 0 amide bonds. The molecule has 1 aliphatic carbocycles. The lowest BCUT2D eigenvalue weighted by Crippen LogP contribution is -2.51. The van der Waals surface area contributed by atoms with Crippen molar-refractivity contribution in [1.82, 2.24) is 9.97 Å². The van der Waals surface area contributed by atoms with Crippen molar-refractivity contribution in [2.24, 2.45) is 33.5 Å². The van der Waals surface area contributed by atoms with E-state index in [0.717, 1.165) is 12.2 Å². The van der Waals surface area contributed by atoms with E-state index < -0.39 is 53.0 Å². The molecular formula is C65H106N2O11. The van der Waals surface area contributed by atoms with Crippen LogP contribution in [0.2, 0.25) is 0 Å². The number of unbranched alkanes of at least 4 members (excludes halogenated alkanes) is 1. The van der Waals surface area contributed by atoms with Crippen molar-refractivity contribution in [2.45, 2.75) is 208 Å². The molecule has 442 valence electrons. The van der Waals surface area contributed by atoms with E-state index in [2.05, 4.69) is 72.3 Å². The number of nitrogens with zero attached hydrogens (tertiary/aromatic N) is 2. The lowest BCUT2D eigenvalue weighted by atomic mass is 9.46. The number of carbonyl (C=O) groups excluding carboxylic acids is 4. The molecular weight excluding hydrogens is 985 g/mol. The molecule has 0 radical (unpaired) electrons. The summed E-state index contributed by atoms with van der Waals surface area (Å²) < 4.78 is 32.8. The van der Waals surface area contributed by atoms with Crippen LogP contribution in [-0.2, 0) is 28.5 Å². The van der Waals surface area contributed by atoms with Gasteiger partial charge in [0.15, 0.2) is 11.4 Å². The first-order chi connectivity index (χ1) is 37.2. The molecule has 2 aromatic heterocycles. The molecule has 4 bridgehead atoms. The topological polar surface area (TPSA) is 177 Å². The third-order valence-corrected chi connectivity index (χ3v) is 14.1. The zero-order valence-corrected chi connectivity index (χ0v) is 52.4. The number of esters is 4. The van der Waals surface area contributed by atoms with Gasteiger partial charge in [-0.25, -0.2) is 19.6 Å². The Bertz CT molecular complexity index is 2060. The highest BCUT2D eigenvalue weighted by Gasteiger charge is 2.53. The van der Waals surface area contributed by atoms with E-state index in [0.29, 0.717) is 10.8 Å². The maximum Gasteiger partial charge on any atom is 0.360 e. The van der Waals surface area contributed by atoms with Gasteiger partial charge in [-0.2, -0.15) is 0 Å². The van der Waals surface area contributed by atoms with Crippen molar-refractivity contribution < 1.29 is 52.1 Å². The minimum absolute atomic E-state index is 0.0116. The number of allylic oxidation sites excluding steroid dienone is 11. The number of carbonyl (C=O) groups is 4. The number of aliphatic hydroxyl groups excluding tert-OH is 1. The Morgan fingerprint density at radius 2 is 1.03 bits per heavy atom. The summed E-state index contributed by atoms with van der Waals surface area (Å²) >= 11 is 0. The first kappa shape index (κ1) is 76.4. The van der Waals surface area contributed by atoms with Gasteiger partial charge in [-0.15, -0.1) is 0 Å². The lowest BCUT2D eigenvalue weighted by molar-refractivity contribution is -0.167. The summed E-state index contributed by atoms with van der Waals surface area (Å²) in [5, 5.41) is 11.0. The van der Waals surface area contributed by atoms with E-state index in [9.17, 15) is 24.3 Å². The van der Waals surface area contributed by atoms with E-state index in [4.69, 9.17) is 27.8 Å². The van der Waals surface area contributed by atoms with Gasteiger partial charge in [0.2, 0.25) is 11.8 Å². The van der Waals surface area contributed by atoms with E-state index in [1.807, 2.05) is 67.5 Å². The van der Waals surface area contributed by atoms with Crippen LogP contribution in [0.25, 0.3) is 12.2 Å². The van der Waals surface area contributed by atoms with Gasteiger partial charge in [0.1, 0.15) is 35.6 Å². The Kier molecular flexibility index (Phi) is 41.3. The summed E-state index contributed by atoms with van der Waals surface area (Å²) in [6.07, 6.45) is 33.4. The molecule has 2 aliphatic rings. The zero-order chi connectivity index (χ0) is 60.5. The van der Waals surface area contributed by atoms with Crippen LogP contribution < -0.4 is 0 Å². The molecule has 2 aromatic rings. The molecule has 3 heterocycles. The van der Waals surface area contributed by atoms with Gasteiger partial charge in [0.05, 0.1) is 20.3 Å². The number of hydrogen-bond donors (Lipinski definition) is 1. The van der Waals surface area contributed by atoms with Gasteiger partial charge >= 0.3 is 23.9 Å². The van der Waals surface area contributed by atoms with Crippen LogP contribution in [0.5, 0.6) is 0 Å². The molecule has 78 heavy (non-hydrogen) atoms. The second kappa shape index (κ2) is 42.2. The third kappa shape index (κ3) is 23.6. The summed E-state index contributed by atoms with van der Waals surface area (Å²) in [5.74, 6) is -2.20. The van der Waals surface area contributed by atoms with Gasteiger partial charge < -0.3 is 32.9 Å². The smallest absolute Gasteiger partial charge is 0.360 e. The number of aromatic nitrogens is 2. The fourth-order valence-corrected chi connectivity index (χ4v) is 8.38. The predicted molar refractivity (Wildman–Crippen MR) is 321 cm³/mol. The maximum absolute atomic E-state index is 13.4. The molecule has 0 spiro atoms. The molecule has 4 rings (SSSR count). The number of cyclic esters (lactones) is 2. The Morgan fingerprint density at radius 3 is 1.36 bits per heavy atom. The van der Waals surface area contributed by atoms with Gasteiger partial charge in [-0.1, -0.05) is 228 Å². The summed E-state index contributed by atoms with van der Waals surface area (Å²) in [5.41, 5.74) is -1.87. The summed E-state index contributed by atoms with van der Waals surface area (Å²) in [6.45, 7) is 41.1. The zero-order valence-electron chi connectivity index (χ0n) is 52.4. The maximum atomic E-state index is 13.4. The van der Waals surface area contributed by atoms with Gasteiger partial charge in [-0.05, 0) is 56.8 Å². The Balaban J connectivity index is -0.00000195. The molecule has 8 unspecified atom stereocenters. The highest BCUT2D eigenvalue weighted by atomic mass is 16.6.